The molecular formula is Pt7. The van der Waals surface area contributed by atoms with E-state index < -0.39 is 0 Å². The monoisotopic (exact) mass is 1360 g/mol. The van der Waals surface area contributed by atoms with Crippen LogP contribution >= 0.6 is 0 Å². The van der Waals surface area contributed by atoms with Crippen LogP contribution in [0.4, 0.5) is 0 Å². The summed E-state index contributed by atoms with van der Waals surface area (Å²) < 4.78 is 0. The summed E-state index contributed by atoms with van der Waals surface area (Å²) in [6, 6.07) is 0. The van der Waals surface area contributed by atoms with Crippen LogP contribution in [0.5, 0.6) is 0 Å². The van der Waals surface area contributed by atoms with Gasteiger partial charge in [-0.05, 0) is 0 Å². The molecule has 7 heteroatoms. The second kappa shape index (κ2) is 44.9. The van der Waals surface area contributed by atoms with E-state index in [0.717, 1.165) is 0 Å². The van der Waals surface area contributed by atoms with Crippen LogP contribution in [0.3, 0.4) is 0 Å². The van der Waals surface area contributed by atoms with Gasteiger partial charge in [0.05, 0.1) is 0 Å². The summed E-state index contributed by atoms with van der Waals surface area (Å²) in [5.41, 5.74) is 0. The van der Waals surface area contributed by atoms with Crippen molar-refractivity contribution in [2.24, 2.45) is 0 Å². The van der Waals surface area contributed by atoms with Crippen molar-refractivity contribution in [3.8, 4) is 0 Å². The molecule has 0 fully saturated rings. The summed E-state index contributed by atoms with van der Waals surface area (Å²) in [7, 11) is 0. The molecule has 0 amide bonds. The zero-order valence-electron chi connectivity index (χ0n) is 2.21. The van der Waals surface area contributed by atoms with Crippen LogP contribution in [0.2, 0.25) is 0 Å². The first-order valence-corrected chi connectivity index (χ1v) is 0. The van der Waals surface area contributed by atoms with E-state index in [1.54, 1.807) is 0 Å². The van der Waals surface area contributed by atoms with Crippen LogP contribution in [0.15, 0.2) is 0 Å². The Balaban J connectivity index is 0. The Hall–Kier alpha value is 4.82. The van der Waals surface area contributed by atoms with Crippen molar-refractivity contribution in [1.29, 1.82) is 0 Å². The minimum absolute atomic E-state index is 0. The molecule has 0 heterocycles. The Labute approximate surface area is 144 Å². The topological polar surface area (TPSA) is 0 Å². The van der Waals surface area contributed by atoms with Gasteiger partial charge >= 0.3 is 0 Å². The molecule has 0 aromatic carbocycles. The Morgan fingerprint density at radius 3 is 0.143 bits per heavy atom. The van der Waals surface area contributed by atoms with Gasteiger partial charge in [0.25, 0.3) is 0 Å². The van der Waals surface area contributed by atoms with Crippen molar-refractivity contribution in [3.63, 3.8) is 0 Å². The average molecular weight is 1370 g/mol. The molecule has 0 aliphatic carbocycles. The molecule has 0 bridgehead atoms. The third kappa shape index (κ3) is 36.2. The van der Waals surface area contributed by atoms with Gasteiger partial charge in [0.15, 0.2) is 0 Å². The van der Waals surface area contributed by atoms with Gasteiger partial charge in [0.1, 0.15) is 0 Å². The van der Waals surface area contributed by atoms with Gasteiger partial charge in [-0.1, -0.05) is 0 Å². The fourth-order valence-electron chi connectivity index (χ4n) is 0. The predicted molar refractivity (Wildman–Crippen MR) is 0 cm³/mol. The molecule has 7 heavy (non-hydrogen) atoms. The summed E-state index contributed by atoms with van der Waals surface area (Å²) in [6.07, 6.45) is 0. The summed E-state index contributed by atoms with van der Waals surface area (Å²) in [6.45, 7) is 0. The van der Waals surface area contributed by atoms with E-state index in [1.807, 2.05) is 0 Å². The van der Waals surface area contributed by atoms with E-state index in [-0.39, 0.29) is 147 Å². The molecule has 0 rings (SSSR count). The second-order valence-corrected chi connectivity index (χ2v) is 0. The molecule has 0 aromatic rings. The van der Waals surface area contributed by atoms with Gasteiger partial charge in [-0.3, -0.25) is 0 Å². The fourth-order valence-corrected chi connectivity index (χ4v) is 0. The number of rotatable bonds is 0. The van der Waals surface area contributed by atoms with Crippen LogP contribution < -0.4 is 0 Å². The fraction of sp³-hybridized carbons (Fsp3) is 0. The molecule has 0 N–H and O–H groups in total. The zero-order chi connectivity index (χ0) is 0. The minimum atomic E-state index is 0. The van der Waals surface area contributed by atoms with Crippen molar-refractivity contribution in [1.82, 2.24) is 0 Å². The molecule has 0 spiro atoms. The van der Waals surface area contributed by atoms with Crippen LogP contribution in [0.25, 0.3) is 0 Å². The third-order valence-corrected chi connectivity index (χ3v) is 0. The van der Waals surface area contributed by atoms with Gasteiger partial charge in [0, 0.05) is 147 Å². The molecule has 0 atom stereocenters. The Kier molecular flexibility index (Phi) is 382. The summed E-state index contributed by atoms with van der Waals surface area (Å²) in [4.78, 5) is 0. The molecule has 0 aromatic heterocycles. The Bertz CT molecular complexity index is 0. The molecule has 0 unspecified atom stereocenters. The van der Waals surface area contributed by atoms with Gasteiger partial charge in [0.2, 0.25) is 0 Å². The van der Waals surface area contributed by atoms with Crippen LogP contribution in [0, 0.1) is 0 Å². The first-order chi connectivity index (χ1) is 0. The molecule has 0 saturated heterocycles. The number of hydrogen-bond acceptors (Lipinski definition) is 0. The maximum atomic E-state index is 0. The number of hydrogen-bond donors (Lipinski definition) is 0. The predicted octanol–water partition coefficient (Wildman–Crippen LogP) is -0.0175. The van der Waals surface area contributed by atoms with Gasteiger partial charge < -0.3 is 0 Å². The molecule has 70 valence electrons. The first kappa shape index (κ1) is 59.6. The van der Waals surface area contributed by atoms with Crippen LogP contribution in [0.1, 0.15) is 0 Å². The summed E-state index contributed by atoms with van der Waals surface area (Å²) >= 11 is 0. The first-order valence-electron chi connectivity index (χ1n) is 0. The Morgan fingerprint density at radius 2 is 0.143 bits per heavy atom. The van der Waals surface area contributed by atoms with Crippen molar-refractivity contribution in [2.45, 2.75) is 0 Å². The van der Waals surface area contributed by atoms with Crippen molar-refractivity contribution in [2.75, 3.05) is 0 Å². The quantitative estimate of drug-likeness (QED) is 0.321. The minimum Gasteiger partial charge on any atom is 0 e. The van der Waals surface area contributed by atoms with E-state index in [0.29, 0.717) is 0 Å². The maximum Gasteiger partial charge on any atom is 0 e. The normalized spacial score (nSPS) is 0. The van der Waals surface area contributed by atoms with E-state index in [2.05, 4.69) is 0 Å². The van der Waals surface area contributed by atoms with Crippen molar-refractivity contribution < 1.29 is 147 Å². The molecule has 0 radical (unpaired) electrons. The van der Waals surface area contributed by atoms with E-state index in [1.165, 1.54) is 0 Å². The van der Waals surface area contributed by atoms with Gasteiger partial charge in [-0.2, -0.15) is 0 Å². The molecule has 0 saturated carbocycles. The van der Waals surface area contributed by atoms with E-state index in [9.17, 15) is 0 Å². The molecule has 0 nitrogen and oxygen atoms in total. The Morgan fingerprint density at radius 1 is 0.143 bits per heavy atom. The average Bonchev–Trinajstić information content (AvgIpc) is 0. The maximum absolute atomic E-state index is 0. The van der Waals surface area contributed by atoms with E-state index >= 15 is 0 Å². The SMILES string of the molecule is [Pt].[Pt].[Pt].[Pt].[Pt].[Pt].[Pt]. The zero-order valence-corrected chi connectivity index (χ0v) is 18.1. The van der Waals surface area contributed by atoms with Crippen molar-refractivity contribution in [3.05, 3.63) is 0 Å². The van der Waals surface area contributed by atoms with Gasteiger partial charge in [-0.25, -0.2) is 0 Å². The molecular weight excluding hydrogens is 1370 g/mol. The summed E-state index contributed by atoms with van der Waals surface area (Å²) in [5, 5.41) is 0. The van der Waals surface area contributed by atoms with E-state index in [4.69, 9.17) is 0 Å². The molecule has 0 aliphatic rings. The molecule has 0 aliphatic heterocycles. The third-order valence-electron chi connectivity index (χ3n) is 0. The largest absolute Gasteiger partial charge is 0 e. The van der Waals surface area contributed by atoms with Crippen molar-refractivity contribution >= 4 is 0 Å². The van der Waals surface area contributed by atoms with Gasteiger partial charge in [-0.15, -0.1) is 0 Å². The smallest absolute Gasteiger partial charge is 0 e. The van der Waals surface area contributed by atoms with Crippen LogP contribution in [-0.4, -0.2) is 0 Å². The second-order valence-electron chi connectivity index (χ2n) is 0. The standard InChI is InChI=1S/7Pt. The van der Waals surface area contributed by atoms with Crippen LogP contribution in [-0.2, 0) is 147 Å². The summed E-state index contributed by atoms with van der Waals surface area (Å²) in [5.74, 6) is 0.